The third-order valence-corrected chi connectivity index (χ3v) is 0. The summed E-state index contributed by atoms with van der Waals surface area (Å²) >= 11 is 0. The van der Waals surface area contributed by atoms with Crippen molar-refractivity contribution in [2.75, 3.05) is 0 Å². The first-order chi connectivity index (χ1) is 1.00. The molecule has 0 fully saturated rings. The minimum absolute atomic E-state index is 0. The van der Waals surface area contributed by atoms with Crippen LogP contribution in [-0.2, 0) is 4.57 Å². The van der Waals surface area contributed by atoms with Crippen LogP contribution in [0.2, 0.25) is 0 Å². The molecule has 4 heavy (non-hydrogen) atoms. The van der Waals surface area contributed by atoms with Crippen molar-refractivity contribution in [3.05, 3.63) is 0 Å². The van der Waals surface area contributed by atoms with Crippen molar-refractivity contribution in [2.24, 2.45) is 0 Å². The van der Waals surface area contributed by atoms with Crippen LogP contribution in [0.4, 0.5) is 0 Å². The summed E-state index contributed by atoms with van der Waals surface area (Å²) in [6.07, 6.45) is 0. The SMILES string of the molecule is Cl.Cl.O=P. The topological polar surface area (TPSA) is 17.1 Å². The van der Waals surface area contributed by atoms with Gasteiger partial charge in [-0.2, -0.15) is 0 Å². The van der Waals surface area contributed by atoms with Crippen LogP contribution < -0.4 is 0 Å². The second-order valence-electron chi connectivity index (χ2n) is 0. The summed E-state index contributed by atoms with van der Waals surface area (Å²) in [6.45, 7) is 0. The number of hydrogen-bond donors (Lipinski definition) is 0. The summed E-state index contributed by atoms with van der Waals surface area (Å²) in [5.41, 5.74) is 0. The molecule has 0 aliphatic rings. The molecule has 0 aromatic carbocycles. The van der Waals surface area contributed by atoms with Crippen molar-refractivity contribution in [1.82, 2.24) is 0 Å². The third-order valence-electron chi connectivity index (χ3n) is 0. The van der Waals surface area contributed by atoms with Crippen molar-refractivity contribution < 1.29 is 4.57 Å². The van der Waals surface area contributed by atoms with E-state index in [9.17, 15) is 0 Å². The van der Waals surface area contributed by atoms with Gasteiger partial charge in [-0.3, -0.25) is 4.57 Å². The van der Waals surface area contributed by atoms with E-state index in [0.29, 0.717) is 0 Å². The molecule has 4 heteroatoms. The molecule has 0 unspecified atom stereocenters. The Kier molecular flexibility index (Phi) is 321. The fourth-order valence-corrected chi connectivity index (χ4v) is 0. The highest BCUT2D eigenvalue weighted by Crippen LogP contribution is 1.23. The van der Waals surface area contributed by atoms with Crippen LogP contribution in [0.5, 0.6) is 0 Å². The van der Waals surface area contributed by atoms with Crippen LogP contribution >= 0.6 is 33.9 Å². The molecular formula is H3Cl2OP. The maximum absolute atomic E-state index is 8.06. The minimum Gasteiger partial charge on any atom is -0.279 e. The molecule has 0 N–H and O–H groups in total. The quantitative estimate of drug-likeness (QED) is 0.441. The van der Waals surface area contributed by atoms with Gasteiger partial charge in [-0.25, -0.2) is 0 Å². The Bertz CT molecular complexity index is 6.00. The fraction of sp³-hybridized carbons (Fsp3) is 0. The highest BCUT2D eigenvalue weighted by atomic mass is 35.5. The Hall–Kier alpha value is 0.680. The van der Waals surface area contributed by atoms with E-state index in [-0.39, 0.29) is 24.8 Å². The Morgan fingerprint density at radius 2 is 1.00 bits per heavy atom. The Balaban J connectivity index is -0.00000000500. The lowest BCUT2D eigenvalue weighted by Crippen LogP contribution is -0.489. The summed E-state index contributed by atoms with van der Waals surface area (Å²) in [5.74, 6) is 0. The van der Waals surface area contributed by atoms with Crippen LogP contribution in [0, 0.1) is 0 Å². The van der Waals surface area contributed by atoms with E-state index < -0.39 is 0 Å². The molecule has 0 aromatic heterocycles. The van der Waals surface area contributed by atoms with Gasteiger partial charge in [-0.15, -0.1) is 24.8 Å². The molecule has 0 bridgehead atoms. The number of halogens is 2. The predicted molar refractivity (Wildman–Crippen MR) is 23.5 cm³/mol. The lowest BCUT2D eigenvalue weighted by atomic mass is 16.0. The zero-order valence-electron chi connectivity index (χ0n) is 1.72. The normalized spacial score (nSPS) is 1.00. The lowest BCUT2D eigenvalue weighted by molar-refractivity contribution is 0.607. The molecule has 0 atom stereocenters. The van der Waals surface area contributed by atoms with Gasteiger partial charge >= 0.3 is 0 Å². The van der Waals surface area contributed by atoms with Crippen LogP contribution in [0.15, 0.2) is 0 Å². The van der Waals surface area contributed by atoms with Crippen LogP contribution in [-0.4, -0.2) is 0 Å². The van der Waals surface area contributed by atoms with Gasteiger partial charge in [0, 0.05) is 0 Å². The number of hydrogen-bond acceptors (Lipinski definition) is 1. The molecule has 28 valence electrons. The van der Waals surface area contributed by atoms with Crippen molar-refractivity contribution in [2.45, 2.75) is 0 Å². The summed E-state index contributed by atoms with van der Waals surface area (Å²) in [7, 11) is 1.72. The monoisotopic (exact) mass is 120 g/mol. The second-order valence-corrected chi connectivity index (χ2v) is 0. The molecule has 0 saturated heterocycles. The van der Waals surface area contributed by atoms with Gasteiger partial charge in [0.25, 0.3) is 0 Å². The largest absolute Gasteiger partial charge is 0.279 e. The molecule has 0 saturated carbocycles. The molecule has 0 radical (unpaired) electrons. The van der Waals surface area contributed by atoms with Gasteiger partial charge in [-0.05, 0) is 0 Å². The standard InChI is InChI=1S/2ClH.HOP/c;;1-2/h2*1H;2H. The van der Waals surface area contributed by atoms with Crippen molar-refractivity contribution in [3.63, 3.8) is 0 Å². The fourth-order valence-electron chi connectivity index (χ4n) is 0. The van der Waals surface area contributed by atoms with Gasteiger partial charge in [0.05, 0.1) is 0 Å². The summed E-state index contributed by atoms with van der Waals surface area (Å²) in [5, 5.41) is 0. The van der Waals surface area contributed by atoms with E-state index in [2.05, 4.69) is 0 Å². The van der Waals surface area contributed by atoms with E-state index in [1.54, 1.807) is 9.12 Å². The van der Waals surface area contributed by atoms with Gasteiger partial charge in [0.2, 0.25) is 0 Å². The predicted octanol–water partition coefficient (Wildman–Crippen LogP) is 1.32. The summed E-state index contributed by atoms with van der Waals surface area (Å²) < 4.78 is 8.06. The zero-order chi connectivity index (χ0) is 2.00. The highest BCUT2D eigenvalue weighted by molar-refractivity contribution is 7.00. The Morgan fingerprint density at radius 3 is 1.00 bits per heavy atom. The van der Waals surface area contributed by atoms with Gasteiger partial charge in [-0.1, -0.05) is 0 Å². The maximum Gasteiger partial charge on any atom is 0.138 e. The van der Waals surface area contributed by atoms with Crippen LogP contribution in [0.25, 0.3) is 0 Å². The van der Waals surface area contributed by atoms with E-state index in [0.717, 1.165) is 0 Å². The van der Waals surface area contributed by atoms with Crippen molar-refractivity contribution >= 4 is 33.9 Å². The molecule has 0 spiro atoms. The van der Waals surface area contributed by atoms with Crippen LogP contribution in [0.3, 0.4) is 0 Å². The van der Waals surface area contributed by atoms with E-state index in [1.165, 1.54) is 0 Å². The molecule has 0 aromatic rings. The number of rotatable bonds is 0. The van der Waals surface area contributed by atoms with Crippen LogP contribution in [0.1, 0.15) is 0 Å². The molecule has 1 nitrogen and oxygen atoms in total. The van der Waals surface area contributed by atoms with Crippen molar-refractivity contribution in [3.8, 4) is 0 Å². The minimum atomic E-state index is 0. The van der Waals surface area contributed by atoms with Crippen molar-refractivity contribution in [1.29, 1.82) is 0 Å². The van der Waals surface area contributed by atoms with E-state index >= 15 is 0 Å². The first-order valence-electron chi connectivity index (χ1n) is 0.204. The molecule has 0 aliphatic carbocycles. The third kappa shape index (κ3) is 16.4. The Labute approximate surface area is 39.2 Å². The average Bonchev–Trinajstić information content (AvgIpc) is 1.00. The molecule has 0 amide bonds. The first-order valence-corrected chi connectivity index (χ1v) is 0.612. The molecule has 0 aliphatic heterocycles. The lowest BCUT2D eigenvalue weighted by Gasteiger charge is -0.807. The Morgan fingerprint density at radius 1 is 1.00 bits per heavy atom. The summed E-state index contributed by atoms with van der Waals surface area (Å²) in [4.78, 5) is 0. The molecular weight excluding hydrogens is 118 g/mol. The smallest absolute Gasteiger partial charge is 0.138 e. The highest BCUT2D eigenvalue weighted by Gasteiger charge is 0.667. The molecule has 0 rings (SSSR count). The zero-order valence-corrected chi connectivity index (χ0v) is 4.36. The maximum atomic E-state index is 8.06. The van der Waals surface area contributed by atoms with Gasteiger partial charge in [0.1, 0.15) is 9.12 Å². The van der Waals surface area contributed by atoms with E-state index in [1.807, 2.05) is 0 Å². The second kappa shape index (κ2) is 57.2. The van der Waals surface area contributed by atoms with Gasteiger partial charge < -0.3 is 0 Å². The first kappa shape index (κ1) is 22.5. The molecule has 0 heterocycles. The summed E-state index contributed by atoms with van der Waals surface area (Å²) in [6, 6.07) is 0. The van der Waals surface area contributed by atoms with Gasteiger partial charge in [0.15, 0.2) is 0 Å². The average molecular weight is 121 g/mol. The van der Waals surface area contributed by atoms with E-state index in [4.69, 9.17) is 4.57 Å².